The van der Waals surface area contributed by atoms with Crippen molar-refractivity contribution in [2.45, 2.75) is 12.5 Å². The Morgan fingerprint density at radius 2 is 1.78 bits per heavy atom. The molecule has 0 radical (unpaired) electrons. The Labute approximate surface area is 191 Å². The monoisotopic (exact) mass is 451 g/mol. The normalized spacial score (nSPS) is 15.5. The smallest absolute Gasteiger partial charge is 0.247 e. The van der Waals surface area contributed by atoms with Gasteiger partial charge in [-0.3, -0.25) is 4.79 Å². The topological polar surface area (TPSA) is 38.8 Å². The highest BCUT2D eigenvalue weighted by Crippen LogP contribution is 2.43. The quantitative estimate of drug-likeness (QED) is 0.468. The van der Waals surface area contributed by atoms with E-state index < -0.39 is 11.9 Å². The van der Waals surface area contributed by atoms with Crippen LogP contribution in [0.4, 0.5) is 4.39 Å². The molecule has 0 aromatic heterocycles. The zero-order chi connectivity index (χ0) is 22.7. The second-order valence-corrected chi connectivity index (χ2v) is 7.88. The lowest BCUT2D eigenvalue weighted by Gasteiger charge is -2.38. The zero-order valence-electron chi connectivity index (χ0n) is 17.8. The Bertz CT molecular complexity index is 1140. The molecule has 1 heterocycles. The van der Waals surface area contributed by atoms with Crippen molar-refractivity contribution < 1.29 is 18.7 Å². The number of halogens is 2. The molecule has 1 amide bonds. The molecule has 0 bridgehead atoms. The molecule has 1 unspecified atom stereocenters. The number of ether oxygens (including phenoxy) is 2. The minimum Gasteiger partial charge on any atom is -0.493 e. The molecule has 1 atom stereocenters. The number of amides is 1. The lowest BCUT2D eigenvalue weighted by atomic mass is 9.87. The van der Waals surface area contributed by atoms with Gasteiger partial charge in [0, 0.05) is 23.2 Å². The average molecular weight is 452 g/mol. The van der Waals surface area contributed by atoms with Gasteiger partial charge in [0.2, 0.25) is 5.91 Å². The molecule has 0 aliphatic carbocycles. The number of carbonyl (C=O) groups excluding carboxylic acids is 1. The molecule has 0 N–H and O–H groups in total. The second kappa shape index (κ2) is 9.45. The van der Waals surface area contributed by atoms with Crippen molar-refractivity contribution in [1.29, 1.82) is 0 Å². The first-order valence-electron chi connectivity index (χ1n) is 10.3. The predicted octanol–water partition coefficient (Wildman–Crippen LogP) is 5.68. The molecule has 32 heavy (non-hydrogen) atoms. The summed E-state index contributed by atoms with van der Waals surface area (Å²) >= 11 is 6.45. The van der Waals surface area contributed by atoms with Crippen molar-refractivity contribution in [3.05, 3.63) is 99.8 Å². The lowest BCUT2D eigenvalue weighted by Crippen LogP contribution is -2.40. The van der Waals surface area contributed by atoms with Gasteiger partial charge in [0.25, 0.3) is 0 Å². The SMILES string of the molecule is COc1cc2c(cc1OC)C(c1c(F)cccc1Cl)N(C(=O)/C=C/c1ccccc1)CC2. The fourth-order valence-electron chi connectivity index (χ4n) is 4.09. The van der Waals surface area contributed by atoms with E-state index in [0.717, 1.165) is 16.7 Å². The van der Waals surface area contributed by atoms with Gasteiger partial charge in [0.15, 0.2) is 11.5 Å². The standard InChI is InChI=1S/C26H23ClFNO3/c1-31-22-15-18-13-14-29(24(30)12-11-17-7-4-3-5-8-17)26(19(18)16-23(22)32-2)25-20(27)9-6-10-21(25)28/h3-12,15-16,26H,13-14H2,1-2H3/b12-11+. The van der Waals surface area contributed by atoms with Crippen LogP contribution in [-0.4, -0.2) is 31.6 Å². The zero-order valence-corrected chi connectivity index (χ0v) is 18.6. The number of carbonyl (C=O) groups is 1. The Morgan fingerprint density at radius 1 is 1.06 bits per heavy atom. The van der Waals surface area contributed by atoms with E-state index in [-0.39, 0.29) is 16.5 Å². The number of rotatable bonds is 5. The summed E-state index contributed by atoms with van der Waals surface area (Å²) < 4.78 is 26.0. The summed E-state index contributed by atoms with van der Waals surface area (Å²) in [6, 6.07) is 17.1. The summed E-state index contributed by atoms with van der Waals surface area (Å²) in [5.41, 5.74) is 2.90. The van der Waals surface area contributed by atoms with E-state index in [1.165, 1.54) is 12.1 Å². The molecule has 4 rings (SSSR count). The van der Waals surface area contributed by atoms with E-state index in [2.05, 4.69) is 0 Å². The first kappa shape index (κ1) is 21.9. The lowest BCUT2D eigenvalue weighted by molar-refractivity contribution is -0.128. The van der Waals surface area contributed by atoms with Crippen molar-refractivity contribution >= 4 is 23.6 Å². The highest BCUT2D eigenvalue weighted by Gasteiger charge is 2.35. The third-order valence-electron chi connectivity index (χ3n) is 5.65. The maximum absolute atomic E-state index is 15.0. The molecule has 0 saturated carbocycles. The molecule has 0 fully saturated rings. The van der Waals surface area contributed by atoms with Gasteiger partial charge in [0.05, 0.1) is 20.3 Å². The van der Waals surface area contributed by atoms with E-state index in [9.17, 15) is 4.79 Å². The summed E-state index contributed by atoms with van der Waals surface area (Å²) in [6.45, 7) is 0.412. The van der Waals surface area contributed by atoms with E-state index in [1.54, 1.807) is 37.3 Å². The molecular formula is C26H23ClFNO3. The van der Waals surface area contributed by atoms with Gasteiger partial charge in [0.1, 0.15) is 5.82 Å². The number of benzene rings is 3. The largest absolute Gasteiger partial charge is 0.493 e. The van der Waals surface area contributed by atoms with Crippen molar-refractivity contribution in [3.63, 3.8) is 0 Å². The van der Waals surface area contributed by atoms with E-state index in [0.29, 0.717) is 24.5 Å². The van der Waals surface area contributed by atoms with Crippen LogP contribution in [0.3, 0.4) is 0 Å². The van der Waals surface area contributed by atoms with Crippen molar-refractivity contribution in [2.75, 3.05) is 20.8 Å². The van der Waals surface area contributed by atoms with Gasteiger partial charge in [-0.1, -0.05) is 48.0 Å². The molecule has 4 nitrogen and oxygen atoms in total. The Balaban J connectivity index is 1.82. The molecule has 164 valence electrons. The Morgan fingerprint density at radius 3 is 2.47 bits per heavy atom. The molecule has 0 spiro atoms. The van der Waals surface area contributed by atoms with Crippen LogP contribution in [0.5, 0.6) is 11.5 Å². The average Bonchev–Trinajstić information content (AvgIpc) is 2.82. The van der Waals surface area contributed by atoms with Crippen LogP contribution in [0.1, 0.15) is 28.3 Å². The number of fused-ring (bicyclic) bond motifs is 1. The van der Waals surface area contributed by atoms with Gasteiger partial charge < -0.3 is 14.4 Å². The maximum atomic E-state index is 15.0. The van der Waals surface area contributed by atoms with Crippen LogP contribution in [-0.2, 0) is 11.2 Å². The van der Waals surface area contributed by atoms with E-state index in [4.69, 9.17) is 21.1 Å². The van der Waals surface area contributed by atoms with E-state index >= 15 is 4.39 Å². The van der Waals surface area contributed by atoms with Gasteiger partial charge in [-0.05, 0) is 53.5 Å². The van der Waals surface area contributed by atoms with Crippen molar-refractivity contribution in [1.82, 2.24) is 4.90 Å². The van der Waals surface area contributed by atoms with Crippen LogP contribution in [0.15, 0.2) is 66.7 Å². The predicted molar refractivity (Wildman–Crippen MR) is 124 cm³/mol. The highest BCUT2D eigenvalue weighted by atomic mass is 35.5. The maximum Gasteiger partial charge on any atom is 0.247 e. The Hall–Kier alpha value is -3.31. The van der Waals surface area contributed by atoms with Crippen molar-refractivity contribution in [3.8, 4) is 11.5 Å². The summed E-state index contributed by atoms with van der Waals surface area (Å²) in [6.07, 6.45) is 3.87. The number of nitrogens with zero attached hydrogens (tertiary/aromatic N) is 1. The van der Waals surface area contributed by atoms with Gasteiger partial charge in [-0.2, -0.15) is 0 Å². The van der Waals surface area contributed by atoms with Crippen LogP contribution in [0.25, 0.3) is 6.08 Å². The summed E-state index contributed by atoms with van der Waals surface area (Å²) in [5.74, 6) is 0.416. The van der Waals surface area contributed by atoms with E-state index in [1.807, 2.05) is 42.5 Å². The van der Waals surface area contributed by atoms with Gasteiger partial charge in [-0.25, -0.2) is 4.39 Å². The number of hydrogen-bond donors (Lipinski definition) is 0. The molecule has 6 heteroatoms. The molecule has 3 aromatic carbocycles. The Kier molecular flexibility index (Phi) is 6.47. The molecular weight excluding hydrogens is 429 g/mol. The first-order chi connectivity index (χ1) is 15.5. The fraction of sp³-hybridized carbons (Fsp3) is 0.192. The summed E-state index contributed by atoms with van der Waals surface area (Å²) in [7, 11) is 3.12. The van der Waals surface area contributed by atoms with Crippen LogP contribution in [0.2, 0.25) is 5.02 Å². The third-order valence-corrected chi connectivity index (χ3v) is 5.98. The van der Waals surface area contributed by atoms with Crippen LogP contribution >= 0.6 is 11.6 Å². The van der Waals surface area contributed by atoms with Crippen LogP contribution < -0.4 is 9.47 Å². The minimum absolute atomic E-state index is 0.224. The molecule has 0 saturated heterocycles. The fourth-order valence-corrected chi connectivity index (χ4v) is 4.36. The molecule has 3 aromatic rings. The number of methoxy groups -OCH3 is 2. The minimum atomic E-state index is -0.694. The molecule has 1 aliphatic heterocycles. The third kappa shape index (κ3) is 4.21. The second-order valence-electron chi connectivity index (χ2n) is 7.47. The van der Waals surface area contributed by atoms with Gasteiger partial charge in [-0.15, -0.1) is 0 Å². The van der Waals surface area contributed by atoms with Crippen LogP contribution in [0, 0.1) is 5.82 Å². The number of hydrogen-bond acceptors (Lipinski definition) is 3. The molecule has 1 aliphatic rings. The van der Waals surface area contributed by atoms with Crippen molar-refractivity contribution in [2.24, 2.45) is 0 Å². The first-order valence-corrected chi connectivity index (χ1v) is 10.6. The van der Waals surface area contributed by atoms with Gasteiger partial charge >= 0.3 is 0 Å². The highest BCUT2D eigenvalue weighted by molar-refractivity contribution is 6.31. The summed E-state index contributed by atoms with van der Waals surface area (Å²) in [5, 5.41) is 0.266. The summed E-state index contributed by atoms with van der Waals surface area (Å²) in [4.78, 5) is 14.9.